The second kappa shape index (κ2) is 4.44. The van der Waals surface area contributed by atoms with Crippen molar-refractivity contribution in [1.82, 2.24) is 4.98 Å². The first-order chi connectivity index (χ1) is 6.82. The van der Waals surface area contributed by atoms with Crippen molar-refractivity contribution in [3.8, 4) is 0 Å². The number of hydrogen-bond donors (Lipinski definition) is 2. The normalized spacial score (nSPS) is 16.0. The molecule has 0 aliphatic carbocycles. The van der Waals surface area contributed by atoms with Crippen LogP contribution in [0, 0.1) is 0 Å². The minimum atomic E-state index is -3.80. The SMILES string of the molecule is CC(C(O)c1cccc(Cl)n1)S(N)(=O)=O. The zero-order valence-electron chi connectivity index (χ0n) is 7.96. The molecule has 1 heterocycles. The summed E-state index contributed by atoms with van der Waals surface area (Å²) in [5.74, 6) is 0. The summed E-state index contributed by atoms with van der Waals surface area (Å²) in [6.07, 6.45) is -1.28. The van der Waals surface area contributed by atoms with Crippen LogP contribution in [0.5, 0.6) is 0 Å². The first-order valence-electron chi connectivity index (χ1n) is 4.14. The van der Waals surface area contributed by atoms with E-state index in [1.807, 2.05) is 0 Å². The van der Waals surface area contributed by atoms with Gasteiger partial charge in [-0.2, -0.15) is 0 Å². The van der Waals surface area contributed by atoms with Gasteiger partial charge in [-0.3, -0.25) is 0 Å². The Balaban J connectivity index is 3.00. The number of aliphatic hydroxyl groups is 1. The van der Waals surface area contributed by atoms with Crippen LogP contribution in [-0.2, 0) is 10.0 Å². The number of nitrogens with two attached hydrogens (primary N) is 1. The smallest absolute Gasteiger partial charge is 0.214 e. The molecule has 0 fully saturated rings. The first kappa shape index (κ1) is 12.4. The Morgan fingerprint density at radius 1 is 1.53 bits per heavy atom. The highest BCUT2D eigenvalue weighted by molar-refractivity contribution is 7.89. The quantitative estimate of drug-likeness (QED) is 0.762. The van der Waals surface area contributed by atoms with Crippen LogP contribution in [0.15, 0.2) is 18.2 Å². The average molecular weight is 251 g/mol. The molecule has 0 saturated heterocycles. The lowest BCUT2D eigenvalue weighted by Gasteiger charge is -2.16. The molecule has 0 bridgehead atoms. The van der Waals surface area contributed by atoms with Gasteiger partial charge in [0.2, 0.25) is 10.0 Å². The summed E-state index contributed by atoms with van der Waals surface area (Å²) in [5, 5.41) is 13.6. The van der Waals surface area contributed by atoms with Crippen molar-refractivity contribution in [1.29, 1.82) is 0 Å². The van der Waals surface area contributed by atoms with E-state index in [0.717, 1.165) is 0 Å². The zero-order chi connectivity index (χ0) is 11.6. The number of rotatable bonds is 3. The molecule has 1 rings (SSSR count). The van der Waals surface area contributed by atoms with E-state index < -0.39 is 21.4 Å². The number of sulfonamides is 1. The molecule has 3 N–H and O–H groups in total. The molecule has 0 radical (unpaired) electrons. The third-order valence-electron chi connectivity index (χ3n) is 2.00. The van der Waals surface area contributed by atoms with Gasteiger partial charge in [-0.25, -0.2) is 18.5 Å². The van der Waals surface area contributed by atoms with Crippen molar-refractivity contribution in [3.05, 3.63) is 29.0 Å². The third-order valence-corrected chi connectivity index (χ3v) is 3.51. The summed E-state index contributed by atoms with van der Waals surface area (Å²) >= 11 is 5.60. The average Bonchev–Trinajstić information content (AvgIpc) is 2.14. The Morgan fingerprint density at radius 2 is 2.13 bits per heavy atom. The molecule has 0 aliphatic rings. The maximum absolute atomic E-state index is 11.0. The summed E-state index contributed by atoms with van der Waals surface area (Å²) < 4.78 is 22.0. The van der Waals surface area contributed by atoms with Crippen molar-refractivity contribution in [2.45, 2.75) is 18.3 Å². The molecule has 1 aromatic rings. The van der Waals surface area contributed by atoms with Crippen molar-refractivity contribution in [2.24, 2.45) is 5.14 Å². The van der Waals surface area contributed by atoms with Crippen LogP contribution in [0.3, 0.4) is 0 Å². The lowest BCUT2D eigenvalue weighted by Crippen LogP contribution is -2.31. The molecule has 2 atom stereocenters. The molecule has 2 unspecified atom stereocenters. The first-order valence-corrected chi connectivity index (χ1v) is 6.13. The number of halogens is 1. The van der Waals surface area contributed by atoms with Gasteiger partial charge in [0.05, 0.1) is 5.69 Å². The minimum absolute atomic E-state index is 0.184. The molecule has 84 valence electrons. The maximum Gasteiger partial charge on any atom is 0.214 e. The molecule has 0 aliphatic heterocycles. The molecule has 0 aromatic carbocycles. The Morgan fingerprint density at radius 3 is 2.60 bits per heavy atom. The molecule has 0 amide bonds. The molecular formula is C8H11ClN2O3S. The maximum atomic E-state index is 11.0. The summed E-state index contributed by atoms with van der Waals surface area (Å²) in [4.78, 5) is 3.80. The summed E-state index contributed by atoms with van der Waals surface area (Å²) in [6, 6.07) is 4.58. The monoisotopic (exact) mass is 250 g/mol. The summed E-state index contributed by atoms with van der Waals surface area (Å²) in [6.45, 7) is 1.31. The van der Waals surface area contributed by atoms with E-state index in [-0.39, 0.29) is 10.8 Å². The van der Waals surface area contributed by atoms with E-state index in [9.17, 15) is 13.5 Å². The fourth-order valence-corrected chi connectivity index (χ4v) is 1.68. The van der Waals surface area contributed by atoms with Gasteiger partial charge in [0.1, 0.15) is 16.5 Å². The van der Waals surface area contributed by atoms with Crippen LogP contribution in [0.1, 0.15) is 18.7 Å². The van der Waals surface area contributed by atoms with Gasteiger partial charge >= 0.3 is 0 Å². The molecular weight excluding hydrogens is 240 g/mol. The zero-order valence-corrected chi connectivity index (χ0v) is 9.53. The number of aromatic nitrogens is 1. The van der Waals surface area contributed by atoms with Crippen molar-refractivity contribution < 1.29 is 13.5 Å². The van der Waals surface area contributed by atoms with E-state index in [4.69, 9.17) is 16.7 Å². The molecule has 0 saturated carbocycles. The number of aliphatic hydroxyl groups excluding tert-OH is 1. The number of nitrogens with zero attached hydrogens (tertiary/aromatic N) is 1. The molecule has 7 heteroatoms. The fraction of sp³-hybridized carbons (Fsp3) is 0.375. The Kier molecular flexibility index (Phi) is 3.67. The van der Waals surface area contributed by atoms with Gasteiger partial charge < -0.3 is 5.11 Å². The summed E-state index contributed by atoms with van der Waals surface area (Å²) in [7, 11) is -3.80. The van der Waals surface area contributed by atoms with Gasteiger partial charge in [-0.05, 0) is 19.1 Å². The molecule has 0 spiro atoms. The van der Waals surface area contributed by atoms with E-state index in [1.54, 1.807) is 6.07 Å². The van der Waals surface area contributed by atoms with Crippen LogP contribution in [-0.4, -0.2) is 23.8 Å². The summed E-state index contributed by atoms with van der Waals surface area (Å²) in [5.41, 5.74) is 0.184. The van der Waals surface area contributed by atoms with E-state index in [1.165, 1.54) is 19.1 Å². The van der Waals surface area contributed by atoms with Gasteiger partial charge in [0, 0.05) is 0 Å². The van der Waals surface area contributed by atoms with Crippen molar-refractivity contribution >= 4 is 21.6 Å². The highest BCUT2D eigenvalue weighted by Gasteiger charge is 2.27. The van der Waals surface area contributed by atoms with Crippen LogP contribution in [0.2, 0.25) is 5.15 Å². The Labute approximate surface area is 92.9 Å². The van der Waals surface area contributed by atoms with Gasteiger partial charge in [0.25, 0.3) is 0 Å². The second-order valence-electron chi connectivity index (χ2n) is 3.12. The second-order valence-corrected chi connectivity index (χ2v) is 5.43. The van der Waals surface area contributed by atoms with Crippen LogP contribution < -0.4 is 5.14 Å². The topological polar surface area (TPSA) is 93.3 Å². The van der Waals surface area contributed by atoms with Gasteiger partial charge in [0.15, 0.2) is 0 Å². The van der Waals surface area contributed by atoms with E-state index >= 15 is 0 Å². The lowest BCUT2D eigenvalue weighted by atomic mass is 10.2. The predicted molar refractivity (Wildman–Crippen MR) is 56.8 cm³/mol. The van der Waals surface area contributed by atoms with E-state index in [0.29, 0.717) is 0 Å². The Bertz CT molecular complexity index is 449. The van der Waals surface area contributed by atoms with Gasteiger partial charge in [-0.15, -0.1) is 0 Å². The number of hydrogen-bond acceptors (Lipinski definition) is 4. The highest BCUT2D eigenvalue weighted by atomic mass is 35.5. The number of primary sulfonamides is 1. The predicted octanol–water partition coefficient (Wildman–Crippen LogP) is 0.445. The van der Waals surface area contributed by atoms with Crippen LogP contribution >= 0.6 is 11.6 Å². The standard InChI is InChI=1S/C8H11ClN2O3S/c1-5(15(10,13)14)8(12)6-3-2-4-7(9)11-6/h2-5,8,12H,1H3,(H2,10,13,14). The van der Waals surface area contributed by atoms with Crippen molar-refractivity contribution in [3.63, 3.8) is 0 Å². The molecule has 1 aromatic heterocycles. The fourth-order valence-electron chi connectivity index (χ4n) is 1.01. The van der Waals surface area contributed by atoms with Crippen LogP contribution in [0.25, 0.3) is 0 Å². The molecule has 5 nitrogen and oxygen atoms in total. The minimum Gasteiger partial charge on any atom is -0.385 e. The lowest BCUT2D eigenvalue weighted by molar-refractivity contribution is 0.171. The Hall–Kier alpha value is -0.690. The largest absolute Gasteiger partial charge is 0.385 e. The molecule has 15 heavy (non-hydrogen) atoms. The van der Waals surface area contributed by atoms with E-state index in [2.05, 4.69) is 4.98 Å². The van der Waals surface area contributed by atoms with Crippen LogP contribution in [0.4, 0.5) is 0 Å². The number of pyridine rings is 1. The highest BCUT2D eigenvalue weighted by Crippen LogP contribution is 2.19. The van der Waals surface area contributed by atoms with Crippen molar-refractivity contribution in [2.75, 3.05) is 0 Å². The van der Waals surface area contributed by atoms with Gasteiger partial charge in [-0.1, -0.05) is 17.7 Å². The third kappa shape index (κ3) is 3.13.